The Bertz CT molecular complexity index is 983. The molecule has 0 aromatic heterocycles. The van der Waals surface area contributed by atoms with E-state index in [0.717, 1.165) is 10.6 Å². The molecule has 2 aromatic rings. The highest BCUT2D eigenvalue weighted by Crippen LogP contribution is 2.21. The molecule has 9 heteroatoms. The molecule has 0 saturated carbocycles. The van der Waals surface area contributed by atoms with Gasteiger partial charge in [0.25, 0.3) is 0 Å². The molecule has 2 amide bonds. The zero-order valence-electron chi connectivity index (χ0n) is 17.2. The number of carbonyl (C=O) groups excluding carboxylic acids is 2. The number of rotatable bonds is 9. The van der Waals surface area contributed by atoms with E-state index in [1.165, 1.54) is 4.90 Å². The van der Waals surface area contributed by atoms with Crippen LogP contribution in [0.5, 0.6) is 0 Å². The van der Waals surface area contributed by atoms with Gasteiger partial charge in [0.2, 0.25) is 21.8 Å². The van der Waals surface area contributed by atoms with E-state index in [9.17, 15) is 18.0 Å². The van der Waals surface area contributed by atoms with Crippen LogP contribution in [-0.2, 0) is 26.2 Å². The van der Waals surface area contributed by atoms with Gasteiger partial charge in [0.05, 0.1) is 11.9 Å². The van der Waals surface area contributed by atoms with Crippen LogP contribution in [0.1, 0.15) is 19.4 Å². The molecule has 0 aliphatic rings. The standard InChI is InChI=1S/C21H26ClN3O4S/c1-4-23-21(27)16(2)24(14-17-10-8-9-13-19(17)22)20(26)15-25(30(3,28)29)18-11-6-5-7-12-18/h5-13,16H,4,14-15H2,1-3H3,(H,23,27). The number of halogens is 1. The quantitative estimate of drug-likeness (QED) is 0.635. The van der Waals surface area contributed by atoms with Crippen LogP contribution in [0, 0.1) is 0 Å². The number of benzene rings is 2. The molecule has 0 radical (unpaired) electrons. The van der Waals surface area contributed by atoms with Gasteiger partial charge >= 0.3 is 0 Å². The Morgan fingerprint density at radius 2 is 1.67 bits per heavy atom. The number of anilines is 1. The molecule has 0 bridgehead atoms. The number of nitrogens with zero attached hydrogens (tertiary/aromatic N) is 2. The fourth-order valence-corrected chi connectivity index (χ4v) is 3.97. The summed E-state index contributed by atoms with van der Waals surface area (Å²) in [7, 11) is -3.72. The van der Waals surface area contributed by atoms with Gasteiger partial charge in [-0.25, -0.2) is 8.42 Å². The maximum Gasteiger partial charge on any atom is 0.244 e. The molecule has 0 fully saturated rings. The largest absolute Gasteiger partial charge is 0.355 e. The second-order valence-corrected chi connectivity index (χ2v) is 9.10. The average Bonchev–Trinajstić information content (AvgIpc) is 2.70. The number of carbonyl (C=O) groups is 2. The van der Waals surface area contributed by atoms with Crippen LogP contribution in [0.25, 0.3) is 0 Å². The molecular formula is C21H26ClN3O4S. The Hall–Kier alpha value is -2.58. The number of hydrogen-bond donors (Lipinski definition) is 1. The predicted molar refractivity (Wildman–Crippen MR) is 119 cm³/mol. The Balaban J connectivity index is 2.37. The molecule has 0 spiro atoms. The Morgan fingerprint density at radius 3 is 2.23 bits per heavy atom. The maximum absolute atomic E-state index is 13.2. The van der Waals surface area contributed by atoms with Crippen molar-refractivity contribution < 1.29 is 18.0 Å². The highest BCUT2D eigenvalue weighted by molar-refractivity contribution is 7.92. The summed E-state index contributed by atoms with van der Waals surface area (Å²) in [5, 5.41) is 3.16. The van der Waals surface area contributed by atoms with Crippen molar-refractivity contribution >= 4 is 39.1 Å². The van der Waals surface area contributed by atoms with E-state index in [4.69, 9.17) is 11.6 Å². The topological polar surface area (TPSA) is 86.8 Å². The zero-order valence-corrected chi connectivity index (χ0v) is 18.8. The van der Waals surface area contributed by atoms with Gasteiger partial charge < -0.3 is 10.2 Å². The SMILES string of the molecule is CCNC(=O)C(C)N(Cc1ccccc1Cl)C(=O)CN(c1ccccc1)S(C)(=O)=O. The van der Waals surface area contributed by atoms with E-state index >= 15 is 0 Å². The minimum Gasteiger partial charge on any atom is -0.355 e. The molecule has 30 heavy (non-hydrogen) atoms. The van der Waals surface area contributed by atoms with Crippen LogP contribution in [0.4, 0.5) is 5.69 Å². The first kappa shape index (κ1) is 23.7. The lowest BCUT2D eigenvalue weighted by atomic mass is 10.1. The summed E-state index contributed by atoms with van der Waals surface area (Å²) in [5.41, 5.74) is 1.03. The maximum atomic E-state index is 13.2. The lowest BCUT2D eigenvalue weighted by molar-refractivity contribution is -0.139. The van der Waals surface area contributed by atoms with Crippen molar-refractivity contribution in [2.24, 2.45) is 0 Å². The molecule has 0 aliphatic carbocycles. The molecule has 1 atom stereocenters. The summed E-state index contributed by atoms with van der Waals surface area (Å²) >= 11 is 6.25. The summed E-state index contributed by atoms with van der Waals surface area (Å²) in [6.45, 7) is 3.44. The van der Waals surface area contributed by atoms with E-state index in [-0.39, 0.29) is 12.5 Å². The van der Waals surface area contributed by atoms with Gasteiger partial charge in [0.1, 0.15) is 12.6 Å². The van der Waals surface area contributed by atoms with Crippen molar-refractivity contribution in [2.75, 3.05) is 23.7 Å². The minimum absolute atomic E-state index is 0.0726. The van der Waals surface area contributed by atoms with Gasteiger partial charge in [-0.2, -0.15) is 0 Å². The van der Waals surface area contributed by atoms with Gasteiger partial charge in [-0.3, -0.25) is 13.9 Å². The minimum atomic E-state index is -3.72. The van der Waals surface area contributed by atoms with Crippen LogP contribution in [0.3, 0.4) is 0 Å². The summed E-state index contributed by atoms with van der Waals surface area (Å²) in [5.74, 6) is -0.841. The highest BCUT2D eigenvalue weighted by Gasteiger charge is 2.30. The van der Waals surface area contributed by atoms with Crippen LogP contribution >= 0.6 is 11.6 Å². The molecule has 2 aromatic carbocycles. The predicted octanol–water partition coefficient (Wildman–Crippen LogP) is 2.66. The van der Waals surface area contributed by atoms with Crippen LogP contribution < -0.4 is 9.62 Å². The smallest absolute Gasteiger partial charge is 0.244 e. The molecule has 1 unspecified atom stereocenters. The van der Waals surface area contributed by atoms with E-state index < -0.39 is 28.5 Å². The fraction of sp³-hybridized carbons (Fsp3) is 0.333. The highest BCUT2D eigenvalue weighted by atomic mass is 35.5. The van der Waals surface area contributed by atoms with Crippen LogP contribution in [0.2, 0.25) is 5.02 Å². The Morgan fingerprint density at radius 1 is 1.07 bits per heavy atom. The summed E-state index contributed by atoms with van der Waals surface area (Å²) in [4.78, 5) is 27.0. The first-order valence-corrected chi connectivity index (χ1v) is 11.7. The third-order valence-electron chi connectivity index (χ3n) is 4.54. The Kier molecular flexibility index (Phi) is 8.25. The first-order valence-electron chi connectivity index (χ1n) is 9.48. The van der Waals surface area contributed by atoms with E-state index in [2.05, 4.69) is 5.32 Å². The van der Waals surface area contributed by atoms with Crippen molar-refractivity contribution in [1.29, 1.82) is 0 Å². The van der Waals surface area contributed by atoms with Crippen LogP contribution in [-0.4, -0.2) is 50.5 Å². The third-order valence-corrected chi connectivity index (χ3v) is 6.05. The number of sulfonamides is 1. The average molecular weight is 452 g/mol. The van der Waals surface area contributed by atoms with Gasteiger partial charge in [-0.15, -0.1) is 0 Å². The van der Waals surface area contributed by atoms with Gasteiger partial charge in [-0.1, -0.05) is 48.0 Å². The Labute approximate surface area is 182 Å². The van der Waals surface area contributed by atoms with E-state index in [1.54, 1.807) is 68.4 Å². The lowest BCUT2D eigenvalue weighted by Gasteiger charge is -2.31. The van der Waals surface area contributed by atoms with Crippen LogP contribution in [0.15, 0.2) is 54.6 Å². The van der Waals surface area contributed by atoms with E-state index in [1.807, 2.05) is 0 Å². The summed E-state index contributed by atoms with van der Waals surface area (Å²) < 4.78 is 25.8. The van der Waals surface area contributed by atoms with Crippen molar-refractivity contribution in [3.05, 3.63) is 65.2 Å². The molecule has 0 aliphatic heterocycles. The molecule has 2 rings (SSSR count). The van der Waals surface area contributed by atoms with Gasteiger partial charge in [0, 0.05) is 18.1 Å². The normalized spacial score (nSPS) is 12.1. The number of para-hydroxylation sites is 1. The van der Waals surface area contributed by atoms with Gasteiger partial charge in [0.15, 0.2) is 0 Å². The summed E-state index contributed by atoms with van der Waals surface area (Å²) in [6, 6.07) is 14.6. The van der Waals surface area contributed by atoms with Gasteiger partial charge in [-0.05, 0) is 37.6 Å². The molecule has 0 saturated heterocycles. The van der Waals surface area contributed by atoms with Crippen molar-refractivity contribution in [3.63, 3.8) is 0 Å². The molecule has 162 valence electrons. The van der Waals surface area contributed by atoms with Crippen molar-refractivity contribution in [3.8, 4) is 0 Å². The molecule has 1 N–H and O–H groups in total. The second kappa shape index (κ2) is 10.4. The molecule has 7 nitrogen and oxygen atoms in total. The second-order valence-electron chi connectivity index (χ2n) is 6.79. The fourth-order valence-electron chi connectivity index (χ4n) is 2.92. The number of hydrogen-bond acceptors (Lipinski definition) is 4. The summed E-state index contributed by atoms with van der Waals surface area (Å²) in [6.07, 6.45) is 1.04. The third kappa shape index (κ3) is 6.21. The lowest BCUT2D eigenvalue weighted by Crippen LogP contribution is -2.51. The zero-order chi connectivity index (χ0) is 22.3. The monoisotopic (exact) mass is 451 g/mol. The van der Waals surface area contributed by atoms with Crippen molar-refractivity contribution in [1.82, 2.24) is 10.2 Å². The number of amides is 2. The van der Waals surface area contributed by atoms with E-state index in [0.29, 0.717) is 22.8 Å². The molecular weight excluding hydrogens is 426 g/mol. The first-order chi connectivity index (χ1) is 14.1. The van der Waals surface area contributed by atoms with Crippen molar-refractivity contribution in [2.45, 2.75) is 26.4 Å². The number of likely N-dealkylation sites (N-methyl/N-ethyl adjacent to an activating group) is 1. The number of nitrogens with one attached hydrogen (secondary N) is 1. The molecule has 0 heterocycles.